The molecule has 0 radical (unpaired) electrons. The van der Waals surface area contributed by atoms with Gasteiger partial charge in [0.1, 0.15) is 0 Å². The zero-order chi connectivity index (χ0) is 14.9. The maximum absolute atomic E-state index is 4.49. The largest absolute Gasteiger partial charge is 0.352 e. The molecule has 0 spiro atoms. The van der Waals surface area contributed by atoms with Gasteiger partial charge in [0.25, 0.3) is 0 Å². The molecular formula is C17H20N4. The quantitative estimate of drug-likeness (QED) is 0.796. The third-order valence-electron chi connectivity index (χ3n) is 3.72. The zero-order valence-electron chi connectivity index (χ0n) is 12.7. The van der Waals surface area contributed by atoms with E-state index in [9.17, 15) is 0 Å². The molecular weight excluding hydrogens is 260 g/mol. The molecule has 21 heavy (non-hydrogen) atoms. The van der Waals surface area contributed by atoms with Crippen LogP contribution in [0.3, 0.4) is 0 Å². The summed E-state index contributed by atoms with van der Waals surface area (Å²) in [6.45, 7) is 7.27. The topological polar surface area (TPSA) is 42.2 Å². The molecule has 2 heterocycles. The summed E-state index contributed by atoms with van der Waals surface area (Å²) in [5.41, 5.74) is 3.36. The fourth-order valence-electron chi connectivity index (χ4n) is 2.35. The number of anilines is 1. The number of nitrogens with one attached hydrogen (secondary N) is 1. The Balaban J connectivity index is 1.77. The van der Waals surface area contributed by atoms with Crippen molar-refractivity contribution in [1.29, 1.82) is 0 Å². The SMILES string of the molecule is Cc1ccc2nc(NCC(C)(C)c3ccccc3)nn2c1. The molecule has 0 amide bonds. The minimum atomic E-state index is 0.0225. The van der Waals surface area contributed by atoms with Crippen LogP contribution >= 0.6 is 0 Å². The summed E-state index contributed by atoms with van der Waals surface area (Å²) in [4.78, 5) is 4.49. The van der Waals surface area contributed by atoms with Gasteiger partial charge in [0, 0.05) is 18.2 Å². The Labute approximate surface area is 124 Å². The fraction of sp³-hybridized carbons (Fsp3) is 0.294. The van der Waals surface area contributed by atoms with Crippen molar-refractivity contribution in [1.82, 2.24) is 14.6 Å². The highest BCUT2D eigenvalue weighted by molar-refractivity contribution is 5.44. The molecule has 0 atom stereocenters. The summed E-state index contributed by atoms with van der Waals surface area (Å²) in [5, 5.41) is 7.81. The summed E-state index contributed by atoms with van der Waals surface area (Å²) in [5.74, 6) is 0.671. The zero-order valence-corrected chi connectivity index (χ0v) is 12.7. The Kier molecular flexibility index (Phi) is 3.37. The van der Waals surface area contributed by atoms with Gasteiger partial charge in [-0.1, -0.05) is 50.2 Å². The van der Waals surface area contributed by atoms with E-state index in [1.54, 1.807) is 0 Å². The van der Waals surface area contributed by atoms with Crippen LogP contribution in [0.25, 0.3) is 5.65 Å². The number of pyridine rings is 1. The van der Waals surface area contributed by atoms with Gasteiger partial charge >= 0.3 is 0 Å². The monoisotopic (exact) mass is 280 g/mol. The lowest BCUT2D eigenvalue weighted by molar-refractivity contribution is 0.555. The van der Waals surface area contributed by atoms with Crippen LogP contribution in [0, 0.1) is 6.92 Å². The number of aromatic nitrogens is 3. The summed E-state index contributed by atoms with van der Waals surface area (Å²) < 4.78 is 1.81. The minimum absolute atomic E-state index is 0.0225. The van der Waals surface area contributed by atoms with Crippen LogP contribution < -0.4 is 5.32 Å². The van der Waals surface area contributed by atoms with Gasteiger partial charge in [-0.25, -0.2) is 4.52 Å². The smallest absolute Gasteiger partial charge is 0.243 e. The predicted molar refractivity (Wildman–Crippen MR) is 85.7 cm³/mol. The Hall–Kier alpha value is -2.36. The Morgan fingerprint density at radius 1 is 1.10 bits per heavy atom. The van der Waals surface area contributed by atoms with Gasteiger partial charge in [-0.3, -0.25) is 0 Å². The summed E-state index contributed by atoms with van der Waals surface area (Å²) in [7, 11) is 0. The van der Waals surface area contributed by atoms with Gasteiger partial charge in [0.05, 0.1) is 0 Å². The van der Waals surface area contributed by atoms with Crippen molar-refractivity contribution in [3.05, 3.63) is 59.8 Å². The van der Waals surface area contributed by atoms with Crippen LogP contribution in [0.4, 0.5) is 5.95 Å². The number of aryl methyl sites for hydroxylation is 1. The first kappa shape index (κ1) is 13.6. The molecule has 0 aliphatic carbocycles. The van der Waals surface area contributed by atoms with E-state index in [1.165, 1.54) is 11.1 Å². The highest BCUT2D eigenvalue weighted by Crippen LogP contribution is 2.23. The Morgan fingerprint density at radius 3 is 2.62 bits per heavy atom. The predicted octanol–water partition coefficient (Wildman–Crippen LogP) is 3.43. The second-order valence-electron chi connectivity index (χ2n) is 6.05. The van der Waals surface area contributed by atoms with Crippen LogP contribution in [0.1, 0.15) is 25.0 Å². The lowest BCUT2D eigenvalue weighted by Gasteiger charge is -2.25. The Morgan fingerprint density at radius 2 is 1.86 bits per heavy atom. The van der Waals surface area contributed by atoms with Crippen LogP contribution in [-0.4, -0.2) is 21.1 Å². The summed E-state index contributed by atoms with van der Waals surface area (Å²) >= 11 is 0. The van der Waals surface area contributed by atoms with Crippen LogP contribution in [0.2, 0.25) is 0 Å². The maximum Gasteiger partial charge on any atom is 0.243 e. The van der Waals surface area contributed by atoms with E-state index in [0.29, 0.717) is 5.95 Å². The number of rotatable bonds is 4. The van der Waals surface area contributed by atoms with Gasteiger partial charge in [0.2, 0.25) is 5.95 Å². The highest BCUT2D eigenvalue weighted by Gasteiger charge is 2.20. The first-order valence-electron chi connectivity index (χ1n) is 7.17. The van der Waals surface area contributed by atoms with E-state index in [0.717, 1.165) is 12.2 Å². The summed E-state index contributed by atoms with van der Waals surface area (Å²) in [6, 6.07) is 14.5. The number of benzene rings is 1. The first-order valence-corrected chi connectivity index (χ1v) is 7.17. The normalized spacial score (nSPS) is 11.8. The minimum Gasteiger partial charge on any atom is -0.352 e. The van der Waals surface area contributed by atoms with E-state index in [-0.39, 0.29) is 5.41 Å². The molecule has 0 aliphatic heterocycles. The molecule has 1 N–H and O–H groups in total. The molecule has 0 bridgehead atoms. The molecule has 0 saturated heterocycles. The molecule has 0 aliphatic rings. The lowest BCUT2D eigenvalue weighted by atomic mass is 9.85. The molecule has 108 valence electrons. The van der Waals surface area contributed by atoms with Gasteiger partial charge in [0.15, 0.2) is 5.65 Å². The first-order chi connectivity index (χ1) is 10.0. The van der Waals surface area contributed by atoms with Crippen LogP contribution in [-0.2, 0) is 5.41 Å². The van der Waals surface area contributed by atoms with E-state index in [4.69, 9.17) is 0 Å². The average Bonchev–Trinajstić information content (AvgIpc) is 2.88. The third-order valence-corrected chi connectivity index (χ3v) is 3.72. The molecule has 0 unspecified atom stereocenters. The van der Waals surface area contributed by atoms with E-state index in [2.05, 4.69) is 53.5 Å². The molecule has 1 aromatic carbocycles. The van der Waals surface area contributed by atoms with E-state index < -0.39 is 0 Å². The molecule has 3 aromatic rings. The number of hydrogen-bond acceptors (Lipinski definition) is 3. The van der Waals surface area contributed by atoms with Crippen molar-refractivity contribution in [2.75, 3.05) is 11.9 Å². The average molecular weight is 280 g/mol. The highest BCUT2D eigenvalue weighted by atomic mass is 15.3. The van der Waals surface area contributed by atoms with Crippen molar-refractivity contribution in [3.8, 4) is 0 Å². The molecule has 4 nitrogen and oxygen atoms in total. The maximum atomic E-state index is 4.49. The van der Waals surface area contributed by atoms with Crippen LogP contribution in [0.15, 0.2) is 48.7 Å². The number of hydrogen-bond donors (Lipinski definition) is 1. The van der Waals surface area contributed by atoms with E-state index >= 15 is 0 Å². The molecule has 3 rings (SSSR count). The molecule has 2 aromatic heterocycles. The van der Waals surface area contributed by atoms with Crippen molar-refractivity contribution in [3.63, 3.8) is 0 Å². The van der Waals surface area contributed by atoms with Gasteiger partial charge in [-0.05, 0) is 24.1 Å². The third kappa shape index (κ3) is 2.89. The van der Waals surface area contributed by atoms with Crippen LogP contribution in [0.5, 0.6) is 0 Å². The molecule has 4 heteroatoms. The second kappa shape index (κ2) is 5.20. The lowest BCUT2D eigenvalue weighted by Crippen LogP contribution is -2.27. The van der Waals surface area contributed by atoms with Gasteiger partial charge < -0.3 is 5.32 Å². The van der Waals surface area contributed by atoms with Gasteiger partial charge in [-0.15, -0.1) is 5.10 Å². The molecule has 0 fully saturated rings. The number of fused-ring (bicyclic) bond motifs is 1. The van der Waals surface area contributed by atoms with E-state index in [1.807, 2.05) is 35.8 Å². The van der Waals surface area contributed by atoms with Crippen molar-refractivity contribution < 1.29 is 0 Å². The second-order valence-corrected chi connectivity index (χ2v) is 6.05. The van der Waals surface area contributed by atoms with Crippen molar-refractivity contribution in [2.24, 2.45) is 0 Å². The summed E-state index contributed by atoms with van der Waals surface area (Å²) in [6.07, 6.45) is 1.98. The number of nitrogens with zero attached hydrogens (tertiary/aromatic N) is 3. The fourth-order valence-corrected chi connectivity index (χ4v) is 2.35. The van der Waals surface area contributed by atoms with Crippen molar-refractivity contribution in [2.45, 2.75) is 26.2 Å². The molecule has 0 saturated carbocycles. The standard InChI is InChI=1S/C17H20N4/c1-13-9-10-15-19-16(20-21(15)11-13)18-12-17(2,3)14-7-5-4-6-8-14/h4-11H,12H2,1-3H3,(H,18,20). The Bertz CT molecular complexity index is 744. The van der Waals surface area contributed by atoms with Crippen molar-refractivity contribution >= 4 is 11.6 Å². The van der Waals surface area contributed by atoms with Gasteiger partial charge in [-0.2, -0.15) is 4.98 Å².